The molecule has 1 unspecified atom stereocenters. The lowest BCUT2D eigenvalue weighted by Gasteiger charge is -2.18. The number of carboxylic acids is 1. The van der Waals surface area contributed by atoms with Crippen LogP contribution in [0.5, 0.6) is 0 Å². The molecule has 0 bridgehead atoms. The lowest BCUT2D eigenvalue weighted by atomic mass is 10.0. The molecule has 0 radical (unpaired) electrons. The summed E-state index contributed by atoms with van der Waals surface area (Å²) in [6.07, 6.45) is 6.56. The number of hydrogen-bond acceptors (Lipinski definition) is 3. The number of carbonyl (C=O) groups excluding carboxylic acids is 1. The van der Waals surface area contributed by atoms with Gasteiger partial charge in [-0.2, -0.15) is 0 Å². The van der Waals surface area contributed by atoms with Crippen LogP contribution in [-0.4, -0.2) is 17.0 Å². The number of ether oxygens (including phenoxy) is 1. The minimum absolute atomic E-state index is 0.157. The van der Waals surface area contributed by atoms with Gasteiger partial charge in [0.1, 0.15) is 6.10 Å². The van der Waals surface area contributed by atoms with Gasteiger partial charge in [-0.1, -0.05) is 56.5 Å². The Bertz CT molecular complexity index is 456. The van der Waals surface area contributed by atoms with Gasteiger partial charge in [0.2, 0.25) is 0 Å². The summed E-state index contributed by atoms with van der Waals surface area (Å²) in [5, 5.41) is 8.56. The SMILES string of the molecule is CCCCC(OC(=O)CCCCCCC(=O)O)c1ccccc1. The van der Waals surface area contributed by atoms with Crippen LogP contribution < -0.4 is 0 Å². The topological polar surface area (TPSA) is 63.6 Å². The van der Waals surface area contributed by atoms with Crippen LogP contribution in [-0.2, 0) is 14.3 Å². The molecule has 0 aliphatic heterocycles. The smallest absolute Gasteiger partial charge is 0.306 e. The molecule has 0 amide bonds. The zero-order chi connectivity index (χ0) is 16.9. The maximum Gasteiger partial charge on any atom is 0.306 e. The van der Waals surface area contributed by atoms with Crippen LogP contribution in [0.25, 0.3) is 0 Å². The Labute approximate surface area is 138 Å². The number of aliphatic carboxylic acids is 1. The van der Waals surface area contributed by atoms with Crippen molar-refractivity contribution in [1.82, 2.24) is 0 Å². The van der Waals surface area contributed by atoms with Gasteiger partial charge in [0, 0.05) is 12.8 Å². The van der Waals surface area contributed by atoms with Crippen molar-refractivity contribution < 1.29 is 19.4 Å². The molecule has 23 heavy (non-hydrogen) atoms. The molecule has 0 saturated carbocycles. The van der Waals surface area contributed by atoms with Crippen molar-refractivity contribution in [3.63, 3.8) is 0 Å². The number of benzene rings is 1. The molecule has 128 valence electrons. The quantitative estimate of drug-likeness (QED) is 0.440. The maximum atomic E-state index is 12.0. The van der Waals surface area contributed by atoms with Gasteiger partial charge < -0.3 is 9.84 Å². The fourth-order valence-electron chi connectivity index (χ4n) is 2.47. The van der Waals surface area contributed by atoms with E-state index >= 15 is 0 Å². The Hall–Kier alpha value is -1.84. The highest BCUT2D eigenvalue weighted by molar-refractivity contribution is 5.69. The van der Waals surface area contributed by atoms with E-state index < -0.39 is 5.97 Å². The minimum Gasteiger partial charge on any atom is -0.481 e. The van der Waals surface area contributed by atoms with Crippen LogP contribution in [0.2, 0.25) is 0 Å². The van der Waals surface area contributed by atoms with Crippen molar-refractivity contribution in [3.8, 4) is 0 Å². The summed E-state index contributed by atoms with van der Waals surface area (Å²) in [6, 6.07) is 9.88. The van der Waals surface area contributed by atoms with E-state index in [1.807, 2.05) is 30.3 Å². The van der Waals surface area contributed by atoms with Crippen LogP contribution in [0, 0.1) is 0 Å². The third-order valence-corrected chi connectivity index (χ3v) is 3.79. The normalized spacial score (nSPS) is 11.9. The van der Waals surface area contributed by atoms with Crippen molar-refractivity contribution in [3.05, 3.63) is 35.9 Å². The molecule has 4 nitrogen and oxygen atoms in total. The highest BCUT2D eigenvalue weighted by atomic mass is 16.5. The summed E-state index contributed by atoms with van der Waals surface area (Å²) in [7, 11) is 0. The fraction of sp³-hybridized carbons (Fsp3) is 0.579. The second-order valence-corrected chi connectivity index (χ2v) is 5.84. The fourth-order valence-corrected chi connectivity index (χ4v) is 2.47. The Morgan fingerprint density at radius 2 is 1.65 bits per heavy atom. The van der Waals surface area contributed by atoms with Crippen molar-refractivity contribution in [1.29, 1.82) is 0 Å². The highest BCUT2D eigenvalue weighted by Crippen LogP contribution is 2.24. The van der Waals surface area contributed by atoms with Crippen molar-refractivity contribution in [2.75, 3.05) is 0 Å². The predicted octanol–water partition coefficient (Wildman–Crippen LogP) is 4.89. The second-order valence-electron chi connectivity index (χ2n) is 5.84. The summed E-state index contributed by atoms with van der Waals surface area (Å²) >= 11 is 0. The van der Waals surface area contributed by atoms with Crippen LogP contribution in [0.15, 0.2) is 30.3 Å². The first-order valence-corrected chi connectivity index (χ1v) is 8.59. The van der Waals surface area contributed by atoms with E-state index in [1.54, 1.807) is 0 Å². The Morgan fingerprint density at radius 3 is 2.26 bits per heavy atom. The van der Waals surface area contributed by atoms with Gasteiger partial charge in [0.05, 0.1) is 0 Å². The average Bonchev–Trinajstić information content (AvgIpc) is 2.55. The third kappa shape index (κ3) is 9.01. The third-order valence-electron chi connectivity index (χ3n) is 3.79. The Balaban J connectivity index is 2.32. The molecule has 4 heteroatoms. The number of rotatable bonds is 12. The number of esters is 1. The molecule has 0 aliphatic rings. The first-order valence-electron chi connectivity index (χ1n) is 8.59. The lowest BCUT2D eigenvalue weighted by Crippen LogP contribution is -2.11. The van der Waals surface area contributed by atoms with Crippen LogP contribution in [0.3, 0.4) is 0 Å². The first-order chi connectivity index (χ1) is 11.1. The molecule has 0 fully saturated rings. The van der Waals surface area contributed by atoms with Gasteiger partial charge in [-0.05, 0) is 31.2 Å². The van der Waals surface area contributed by atoms with E-state index in [1.165, 1.54) is 0 Å². The van der Waals surface area contributed by atoms with Crippen molar-refractivity contribution in [2.45, 2.75) is 70.8 Å². The van der Waals surface area contributed by atoms with Gasteiger partial charge in [0.25, 0.3) is 0 Å². The van der Waals surface area contributed by atoms with E-state index in [0.717, 1.165) is 44.1 Å². The molecule has 0 aliphatic carbocycles. The number of carboxylic acid groups (broad SMARTS) is 1. The van der Waals surface area contributed by atoms with Crippen LogP contribution in [0.1, 0.15) is 76.4 Å². The van der Waals surface area contributed by atoms with Crippen LogP contribution >= 0.6 is 0 Å². The van der Waals surface area contributed by atoms with E-state index in [-0.39, 0.29) is 18.5 Å². The molecular weight excluding hydrogens is 292 g/mol. The summed E-state index contributed by atoms with van der Waals surface area (Å²) in [5.74, 6) is -0.917. The van der Waals surface area contributed by atoms with E-state index in [9.17, 15) is 9.59 Å². The van der Waals surface area contributed by atoms with Crippen molar-refractivity contribution in [2.24, 2.45) is 0 Å². The minimum atomic E-state index is -0.758. The largest absolute Gasteiger partial charge is 0.481 e. The monoisotopic (exact) mass is 320 g/mol. The van der Waals surface area contributed by atoms with Gasteiger partial charge >= 0.3 is 11.9 Å². The highest BCUT2D eigenvalue weighted by Gasteiger charge is 2.15. The summed E-state index contributed by atoms with van der Waals surface area (Å²) in [5.41, 5.74) is 1.05. The summed E-state index contributed by atoms with van der Waals surface area (Å²) < 4.78 is 5.65. The summed E-state index contributed by atoms with van der Waals surface area (Å²) in [6.45, 7) is 2.13. The first kappa shape index (κ1) is 19.2. The second kappa shape index (κ2) is 11.7. The molecule has 0 heterocycles. The molecule has 1 N–H and O–H groups in total. The van der Waals surface area contributed by atoms with E-state index in [2.05, 4.69) is 6.92 Å². The molecule has 0 aromatic heterocycles. The maximum absolute atomic E-state index is 12.0. The van der Waals surface area contributed by atoms with E-state index in [0.29, 0.717) is 12.8 Å². The van der Waals surface area contributed by atoms with Gasteiger partial charge in [0.15, 0.2) is 0 Å². The molecule has 1 rings (SSSR count). The van der Waals surface area contributed by atoms with Crippen LogP contribution in [0.4, 0.5) is 0 Å². The van der Waals surface area contributed by atoms with E-state index in [4.69, 9.17) is 9.84 Å². The molecular formula is C19H28O4. The predicted molar refractivity (Wildman–Crippen MR) is 90.1 cm³/mol. The molecule has 1 aromatic rings. The van der Waals surface area contributed by atoms with Gasteiger partial charge in [-0.25, -0.2) is 0 Å². The zero-order valence-electron chi connectivity index (χ0n) is 14.0. The zero-order valence-corrected chi connectivity index (χ0v) is 14.0. The molecule has 1 aromatic carbocycles. The number of hydrogen-bond donors (Lipinski definition) is 1. The number of carbonyl (C=O) groups is 2. The van der Waals surface area contributed by atoms with Gasteiger partial charge in [-0.3, -0.25) is 9.59 Å². The Morgan fingerprint density at radius 1 is 1.00 bits per heavy atom. The summed E-state index contributed by atoms with van der Waals surface area (Å²) in [4.78, 5) is 22.4. The number of unbranched alkanes of at least 4 members (excludes halogenated alkanes) is 4. The Kier molecular flexibility index (Phi) is 9.76. The molecule has 1 atom stereocenters. The standard InChI is InChI=1S/C19H28O4/c1-2-3-13-17(16-11-7-6-8-12-16)23-19(22)15-10-5-4-9-14-18(20)21/h6-8,11-12,17H,2-5,9-10,13-15H2,1H3,(H,20,21). The molecule has 0 saturated heterocycles. The lowest BCUT2D eigenvalue weighted by molar-refractivity contribution is -0.150. The van der Waals surface area contributed by atoms with Gasteiger partial charge in [-0.15, -0.1) is 0 Å². The average molecular weight is 320 g/mol. The van der Waals surface area contributed by atoms with Crippen molar-refractivity contribution >= 4 is 11.9 Å². The molecule has 0 spiro atoms.